The van der Waals surface area contributed by atoms with Gasteiger partial charge in [0.25, 0.3) is 0 Å². The first-order chi connectivity index (χ1) is 7.45. The van der Waals surface area contributed by atoms with Crippen LogP contribution in [0.15, 0.2) is 12.1 Å². The van der Waals surface area contributed by atoms with Crippen LogP contribution in [-0.4, -0.2) is 5.78 Å². The second-order valence-corrected chi connectivity index (χ2v) is 4.63. The number of nitrogens with two attached hydrogens (primary N) is 1. The lowest BCUT2D eigenvalue weighted by atomic mass is 9.93. The monoisotopic (exact) mass is 219 g/mol. The lowest BCUT2D eigenvalue weighted by Gasteiger charge is -2.13. The topological polar surface area (TPSA) is 43.1 Å². The third-order valence-electron chi connectivity index (χ3n) is 2.95. The summed E-state index contributed by atoms with van der Waals surface area (Å²) in [6, 6.07) is 3.91. The smallest absolute Gasteiger partial charge is 0.139 e. The predicted octanol–water partition coefficient (Wildman–Crippen LogP) is 2.91. The molecule has 0 radical (unpaired) electrons. The largest absolute Gasteiger partial charge is 0.399 e. The Morgan fingerprint density at radius 2 is 2.00 bits per heavy atom. The molecule has 0 saturated carbocycles. The zero-order chi connectivity index (χ0) is 12.3. The fourth-order valence-corrected chi connectivity index (χ4v) is 1.98. The van der Waals surface area contributed by atoms with Gasteiger partial charge in [0, 0.05) is 18.0 Å². The van der Waals surface area contributed by atoms with E-state index in [1.54, 1.807) is 0 Å². The fraction of sp³-hybridized carbons (Fsp3) is 0.500. The van der Waals surface area contributed by atoms with Gasteiger partial charge in [-0.15, -0.1) is 0 Å². The van der Waals surface area contributed by atoms with E-state index < -0.39 is 0 Å². The van der Waals surface area contributed by atoms with Crippen LogP contribution in [0.5, 0.6) is 0 Å². The van der Waals surface area contributed by atoms with E-state index in [1.807, 2.05) is 26.0 Å². The van der Waals surface area contributed by atoms with Crippen molar-refractivity contribution in [3.05, 3.63) is 28.8 Å². The lowest BCUT2D eigenvalue weighted by molar-refractivity contribution is -0.121. The van der Waals surface area contributed by atoms with Gasteiger partial charge in [0.1, 0.15) is 5.78 Å². The number of aryl methyl sites for hydroxylation is 1. The summed E-state index contributed by atoms with van der Waals surface area (Å²) in [6.45, 7) is 8.04. The normalized spacial score (nSPS) is 10.8. The van der Waals surface area contributed by atoms with E-state index in [1.165, 1.54) is 11.1 Å². The summed E-state index contributed by atoms with van der Waals surface area (Å²) < 4.78 is 0. The molecule has 0 aromatic heterocycles. The summed E-state index contributed by atoms with van der Waals surface area (Å²) in [5, 5.41) is 0. The molecule has 1 rings (SSSR count). The van der Waals surface area contributed by atoms with Gasteiger partial charge in [0.15, 0.2) is 0 Å². The van der Waals surface area contributed by atoms with Crippen molar-refractivity contribution >= 4 is 11.5 Å². The Bertz CT molecular complexity index is 394. The molecule has 0 unspecified atom stereocenters. The molecule has 1 aromatic rings. The van der Waals surface area contributed by atoms with Crippen LogP contribution in [0, 0.1) is 12.8 Å². The van der Waals surface area contributed by atoms with E-state index in [9.17, 15) is 4.79 Å². The molecule has 2 N–H and O–H groups in total. The zero-order valence-electron chi connectivity index (χ0n) is 10.6. The van der Waals surface area contributed by atoms with Crippen LogP contribution in [0.2, 0.25) is 0 Å². The first-order valence-electron chi connectivity index (χ1n) is 5.86. The Balaban J connectivity index is 3.07. The lowest BCUT2D eigenvalue weighted by Crippen LogP contribution is -2.12. The van der Waals surface area contributed by atoms with Crippen LogP contribution >= 0.6 is 0 Å². The number of anilines is 1. The summed E-state index contributed by atoms with van der Waals surface area (Å²) >= 11 is 0. The average Bonchev–Trinajstić information content (AvgIpc) is 2.16. The molecule has 0 atom stereocenters. The van der Waals surface area contributed by atoms with Crippen LogP contribution in [0.3, 0.4) is 0 Å². The molecule has 16 heavy (non-hydrogen) atoms. The zero-order valence-corrected chi connectivity index (χ0v) is 10.6. The molecule has 0 fully saturated rings. The molecular formula is C14H21NO. The van der Waals surface area contributed by atoms with Crippen molar-refractivity contribution in [1.29, 1.82) is 0 Å². The number of carbonyl (C=O) groups excluding carboxylic acids is 1. The number of ketones is 1. The predicted molar refractivity (Wildman–Crippen MR) is 68.5 cm³/mol. The molecule has 2 heteroatoms. The summed E-state index contributed by atoms with van der Waals surface area (Å²) in [6.07, 6.45) is 1.46. The van der Waals surface area contributed by atoms with Crippen LogP contribution in [0.1, 0.15) is 37.5 Å². The Morgan fingerprint density at radius 1 is 1.38 bits per heavy atom. The van der Waals surface area contributed by atoms with Crippen LogP contribution in [0.25, 0.3) is 0 Å². The minimum Gasteiger partial charge on any atom is -0.399 e. The van der Waals surface area contributed by atoms with E-state index >= 15 is 0 Å². The van der Waals surface area contributed by atoms with Crippen molar-refractivity contribution in [1.82, 2.24) is 0 Å². The highest BCUT2D eigenvalue weighted by Gasteiger charge is 2.12. The second-order valence-electron chi connectivity index (χ2n) is 4.63. The first-order valence-corrected chi connectivity index (χ1v) is 5.86. The molecule has 2 nitrogen and oxygen atoms in total. The van der Waals surface area contributed by atoms with E-state index in [4.69, 9.17) is 5.73 Å². The van der Waals surface area contributed by atoms with Gasteiger partial charge in [0.2, 0.25) is 0 Å². The number of Topliss-reactive ketones (excluding diaryl/α,β-unsaturated/α-hetero) is 1. The van der Waals surface area contributed by atoms with Gasteiger partial charge in [-0.2, -0.15) is 0 Å². The molecule has 0 amide bonds. The van der Waals surface area contributed by atoms with Crippen LogP contribution in [-0.2, 0) is 17.6 Å². The minimum absolute atomic E-state index is 0.0893. The van der Waals surface area contributed by atoms with Crippen molar-refractivity contribution in [2.75, 3.05) is 5.73 Å². The van der Waals surface area contributed by atoms with E-state index in [0.29, 0.717) is 6.42 Å². The highest BCUT2D eigenvalue weighted by atomic mass is 16.1. The van der Waals surface area contributed by atoms with Crippen molar-refractivity contribution in [2.45, 2.75) is 40.5 Å². The molecular weight excluding hydrogens is 198 g/mol. The summed E-state index contributed by atoms with van der Waals surface area (Å²) in [4.78, 5) is 11.8. The number of benzene rings is 1. The van der Waals surface area contributed by atoms with Gasteiger partial charge in [-0.05, 0) is 42.2 Å². The SMILES string of the molecule is CCc1c(C)cc(N)cc1CC(=O)C(C)C. The molecule has 0 spiro atoms. The first kappa shape index (κ1) is 12.8. The summed E-state index contributed by atoms with van der Waals surface area (Å²) in [7, 11) is 0. The number of nitrogen functional groups attached to an aromatic ring is 1. The maximum absolute atomic E-state index is 11.8. The van der Waals surface area contributed by atoms with Gasteiger partial charge in [-0.25, -0.2) is 0 Å². The Hall–Kier alpha value is -1.31. The van der Waals surface area contributed by atoms with E-state index in [0.717, 1.165) is 17.7 Å². The van der Waals surface area contributed by atoms with Crippen molar-refractivity contribution in [2.24, 2.45) is 5.92 Å². The van der Waals surface area contributed by atoms with E-state index in [-0.39, 0.29) is 11.7 Å². The molecule has 0 aliphatic heterocycles. The van der Waals surface area contributed by atoms with E-state index in [2.05, 4.69) is 13.8 Å². The number of carbonyl (C=O) groups is 1. The highest BCUT2D eigenvalue weighted by molar-refractivity contribution is 5.83. The number of hydrogen-bond acceptors (Lipinski definition) is 2. The maximum atomic E-state index is 11.8. The van der Waals surface area contributed by atoms with Gasteiger partial charge in [-0.1, -0.05) is 20.8 Å². The Labute approximate surface area is 97.9 Å². The fourth-order valence-electron chi connectivity index (χ4n) is 1.98. The van der Waals surface area contributed by atoms with Crippen LogP contribution in [0.4, 0.5) is 5.69 Å². The van der Waals surface area contributed by atoms with Gasteiger partial charge in [0.05, 0.1) is 0 Å². The third kappa shape index (κ3) is 2.84. The van der Waals surface area contributed by atoms with Gasteiger partial charge >= 0.3 is 0 Å². The number of rotatable bonds is 4. The molecule has 1 aromatic carbocycles. The standard InChI is InChI=1S/C14H21NO/c1-5-13-10(4)6-12(15)7-11(13)8-14(16)9(2)3/h6-7,9H,5,8,15H2,1-4H3. The molecule has 0 saturated heterocycles. The summed E-state index contributed by atoms with van der Waals surface area (Å²) in [5.74, 6) is 0.367. The van der Waals surface area contributed by atoms with Crippen molar-refractivity contribution in [3.63, 3.8) is 0 Å². The number of hydrogen-bond donors (Lipinski definition) is 1. The second kappa shape index (κ2) is 5.15. The van der Waals surface area contributed by atoms with Crippen molar-refractivity contribution < 1.29 is 4.79 Å². The third-order valence-corrected chi connectivity index (χ3v) is 2.95. The van der Waals surface area contributed by atoms with Gasteiger partial charge < -0.3 is 5.73 Å². The van der Waals surface area contributed by atoms with Crippen molar-refractivity contribution in [3.8, 4) is 0 Å². The van der Waals surface area contributed by atoms with Crippen LogP contribution < -0.4 is 5.73 Å². The Morgan fingerprint density at radius 3 is 2.50 bits per heavy atom. The molecule has 0 aliphatic carbocycles. The quantitative estimate of drug-likeness (QED) is 0.791. The maximum Gasteiger partial charge on any atom is 0.139 e. The molecule has 88 valence electrons. The Kier molecular flexibility index (Phi) is 4.11. The molecule has 0 heterocycles. The average molecular weight is 219 g/mol. The van der Waals surface area contributed by atoms with Gasteiger partial charge in [-0.3, -0.25) is 4.79 Å². The summed E-state index contributed by atoms with van der Waals surface area (Å²) in [5.41, 5.74) is 10.1. The highest BCUT2D eigenvalue weighted by Crippen LogP contribution is 2.21. The molecule has 0 aliphatic rings. The molecule has 0 bridgehead atoms. The minimum atomic E-state index is 0.0893.